The Balaban J connectivity index is 2.02. The zero-order valence-electron chi connectivity index (χ0n) is 12.5. The summed E-state index contributed by atoms with van der Waals surface area (Å²) in [6.45, 7) is 5.36. The quantitative estimate of drug-likeness (QED) is 0.700. The predicted molar refractivity (Wildman–Crippen MR) is 94.9 cm³/mol. The van der Waals surface area contributed by atoms with Crippen LogP contribution in [-0.2, 0) is 0 Å². The molecule has 0 saturated heterocycles. The summed E-state index contributed by atoms with van der Waals surface area (Å²) in [5.41, 5.74) is 2.65. The number of nitrogens with one attached hydrogen (secondary N) is 1. The molecule has 0 fully saturated rings. The number of hydrogen-bond donors (Lipinski definition) is 1. The molecule has 1 heterocycles. The Bertz CT molecular complexity index is 540. The van der Waals surface area contributed by atoms with Crippen molar-refractivity contribution in [3.8, 4) is 0 Å². The fraction of sp³-hybridized carbons (Fsp3) is 0.353. The molecule has 1 atom stereocenters. The van der Waals surface area contributed by atoms with Crippen molar-refractivity contribution in [2.75, 3.05) is 12.3 Å². The summed E-state index contributed by atoms with van der Waals surface area (Å²) in [5.74, 6) is 0.984. The average Bonchev–Trinajstić information content (AvgIpc) is 2.50. The lowest BCUT2D eigenvalue weighted by molar-refractivity contribution is 0.577. The first-order chi connectivity index (χ1) is 10.2. The minimum Gasteiger partial charge on any atom is -0.309 e. The standard InChI is InChI=1S/C17H21BrN2S/c1-3-10-19-16(14-6-4-13(2)5-7-14)12-21-17-9-8-15(18)11-20-17/h4-9,11,16,19H,3,10,12H2,1-2H3. The maximum atomic E-state index is 4.43. The summed E-state index contributed by atoms with van der Waals surface area (Å²) in [6, 6.07) is 13.3. The molecule has 0 spiro atoms. The second-order valence-corrected chi connectivity index (χ2v) is 7.00. The van der Waals surface area contributed by atoms with E-state index in [1.165, 1.54) is 11.1 Å². The van der Waals surface area contributed by atoms with E-state index >= 15 is 0 Å². The first-order valence-electron chi connectivity index (χ1n) is 7.23. The van der Waals surface area contributed by atoms with Gasteiger partial charge in [0.1, 0.15) is 0 Å². The van der Waals surface area contributed by atoms with Crippen LogP contribution in [0.3, 0.4) is 0 Å². The molecule has 2 rings (SSSR count). The predicted octanol–water partition coefficient (Wildman–Crippen LogP) is 4.99. The molecule has 0 aliphatic carbocycles. The van der Waals surface area contributed by atoms with E-state index in [1.54, 1.807) is 11.8 Å². The van der Waals surface area contributed by atoms with Gasteiger partial charge in [-0.1, -0.05) is 36.8 Å². The minimum absolute atomic E-state index is 0.362. The van der Waals surface area contributed by atoms with E-state index in [9.17, 15) is 0 Å². The van der Waals surface area contributed by atoms with Crippen molar-refractivity contribution in [1.82, 2.24) is 10.3 Å². The lowest BCUT2D eigenvalue weighted by atomic mass is 10.1. The van der Waals surface area contributed by atoms with Gasteiger partial charge in [0.25, 0.3) is 0 Å². The smallest absolute Gasteiger partial charge is 0.0961 e. The minimum atomic E-state index is 0.362. The molecule has 21 heavy (non-hydrogen) atoms. The van der Waals surface area contributed by atoms with Crippen LogP contribution in [0.5, 0.6) is 0 Å². The third-order valence-electron chi connectivity index (χ3n) is 3.22. The Morgan fingerprint density at radius 1 is 1.19 bits per heavy atom. The van der Waals surface area contributed by atoms with Gasteiger partial charge in [0.05, 0.1) is 5.03 Å². The summed E-state index contributed by atoms with van der Waals surface area (Å²) in [6.07, 6.45) is 2.99. The van der Waals surface area contributed by atoms with Gasteiger partial charge in [0, 0.05) is 22.5 Å². The summed E-state index contributed by atoms with van der Waals surface area (Å²) in [7, 11) is 0. The third-order valence-corrected chi connectivity index (χ3v) is 4.72. The molecule has 4 heteroatoms. The second-order valence-electron chi connectivity index (χ2n) is 5.04. The SMILES string of the molecule is CCCNC(CSc1ccc(Br)cn1)c1ccc(C)cc1. The number of rotatable bonds is 7. The highest BCUT2D eigenvalue weighted by atomic mass is 79.9. The van der Waals surface area contributed by atoms with Crippen molar-refractivity contribution in [1.29, 1.82) is 0 Å². The monoisotopic (exact) mass is 364 g/mol. The van der Waals surface area contributed by atoms with Gasteiger partial charge >= 0.3 is 0 Å². The Morgan fingerprint density at radius 3 is 2.57 bits per heavy atom. The number of benzene rings is 1. The van der Waals surface area contributed by atoms with Gasteiger partial charge in [0.15, 0.2) is 0 Å². The van der Waals surface area contributed by atoms with Crippen molar-refractivity contribution in [2.24, 2.45) is 0 Å². The van der Waals surface area contributed by atoms with Gasteiger partial charge in [0.2, 0.25) is 0 Å². The molecular weight excluding hydrogens is 344 g/mol. The van der Waals surface area contributed by atoms with Crippen LogP contribution in [0.2, 0.25) is 0 Å². The highest BCUT2D eigenvalue weighted by Crippen LogP contribution is 2.24. The first kappa shape index (κ1) is 16.5. The molecule has 0 radical (unpaired) electrons. The van der Waals surface area contributed by atoms with Crippen LogP contribution in [0, 0.1) is 6.92 Å². The highest BCUT2D eigenvalue weighted by Gasteiger charge is 2.11. The van der Waals surface area contributed by atoms with Crippen LogP contribution < -0.4 is 5.32 Å². The van der Waals surface area contributed by atoms with Crippen LogP contribution in [0.4, 0.5) is 0 Å². The van der Waals surface area contributed by atoms with Gasteiger partial charge in [-0.25, -0.2) is 4.98 Å². The number of thioether (sulfide) groups is 1. The zero-order valence-corrected chi connectivity index (χ0v) is 14.9. The van der Waals surface area contributed by atoms with E-state index in [2.05, 4.69) is 70.4 Å². The topological polar surface area (TPSA) is 24.9 Å². The van der Waals surface area contributed by atoms with Crippen molar-refractivity contribution in [2.45, 2.75) is 31.3 Å². The van der Waals surface area contributed by atoms with E-state index < -0.39 is 0 Å². The van der Waals surface area contributed by atoms with Gasteiger partial charge < -0.3 is 5.32 Å². The fourth-order valence-corrected chi connectivity index (χ4v) is 3.18. The normalized spacial score (nSPS) is 12.3. The van der Waals surface area contributed by atoms with Gasteiger partial charge in [-0.05, 0) is 53.5 Å². The summed E-state index contributed by atoms with van der Waals surface area (Å²) in [4.78, 5) is 4.43. The van der Waals surface area contributed by atoms with E-state index in [0.29, 0.717) is 6.04 Å². The van der Waals surface area contributed by atoms with Gasteiger partial charge in [-0.15, -0.1) is 11.8 Å². The number of halogens is 1. The lowest BCUT2D eigenvalue weighted by Gasteiger charge is -2.18. The molecule has 1 unspecified atom stereocenters. The number of aryl methyl sites for hydroxylation is 1. The molecule has 0 aliphatic heterocycles. The van der Waals surface area contributed by atoms with E-state index in [-0.39, 0.29) is 0 Å². The second kappa shape index (κ2) is 8.57. The molecule has 1 aromatic carbocycles. The molecule has 0 aliphatic rings. The van der Waals surface area contributed by atoms with Crippen molar-refractivity contribution in [3.63, 3.8) is 0 Å². The average molecular weight is 365 g/mol. The van der Waals surface area contributed by atoms with Crippen LogP contribution in [0.15, 0.2) is 52.1 Å². The molecule has 0 amide bonds. The Kier molecular flexibility index (Phi) is 6.74. The van der Waals surface area contributed by atoms with Crippen LogP contribution in [-0.4, -0.2) is 17.3 Å². The molecule has 1 aromatic heterocycles. The molecule has 0 bridgehead atoms. The third kappa shape index (κ3) is 5.46. The van der Waals surface area contributed by atoms with Crippen LogP contribution in [0.25, 0.3) is 0 Å². The highest BCUT2D eigenvalue weighted by molar-refractivity contribution is 9.10. The van der Waals surface area contributed by atoms with Gasteiger partial charge in [-0.3, -0.25) is 0 Å². The van der Waals surface area contributed by atoms with Crippen molar-refractivity contribution < 1.29 is 0 Å². The summed E-state index contributed by atoms with van der Waals surface area (Å²) >= 11 is 5.21. The molecule has 2 aromatic rings. The first-order valence-corrected chi connectivity index (χ1v) is 9.01. The molecule has 112 valence electrons. The largest absolute Gasteiger partial charge is 0.309 e. The van der Waals surface area contributed by atoms with E-state index in [1.807, 2.05) is 12.3 Å². The Labute approximate surface area is 139 Å². The van der Waals surface area contributed by atoms with Crippen molar-refractivity contribution in [3.05, 3.63) is 58.2 Å². The number of aromatic nitrogens is 1. The van der Waals surface area contributed by atoms with Crippen LogP contribution in [0.1, 0.15) is 30.5 Å². The Morgan fingerprint density at radius 2 is 1.95 bits per heavy atom. The van der Waals surface area contributed by atoms with Gasteiger partial charge in [-0.2, -0.15) is 0 Å². The van der Waals surface area contributed by atoms with Crippen LogP contribution >= 0.6 is 27.7 Å². The maximum absolute atomic E-state index is 4.43. The number of nitrogens with zero attached hydrogens (tertiary/aromatic N) is 1. The zero-order chi connectivity index (χ0) is 15.1. The maximum Gasteiger partial charge on any atom is 0.0961 e. The number of hydrogen-bond acceptors (Lipinski definition) is 3. The summed E-state index contributed by atoms with van der Waals surface area (Å²) in [5, 5.41) is 4.69. The van der Waals surface area contributed by atoms with Crippen molar-refractivity contribution >= 4 is 27.7 Å². The molecule has 2 nitrogen and oxygen atoms in total. The van der Waals surface area contributed by atoms with E-state index in [0.717, 1.165) is 28.2 Å². The molecule has 0 saturated carbocycles. The summed E-state index contributed by atoms with van der Waals surface area (Å²) < 4.78 is 1.02. The Hall–Kier alpha value is -0.840. The molecular formula is C17H21BrN2S. The number of pyridine rings is 1. The lowest BCUT2D eigenvalue weighted by Crippen LogP contribution is -2.24. The van der Waals surface area contributed by atoms with E-state index in [4.69, 9.17) is 0 Å². The molecule has 1 N–H and O–H groups in total. The fourth-order valence-electron chi connectivity index (χ4n) is 2.01.